The number of benzene rings is 3. The number of rotatable bonds is 7. The minimum absolute atomic E-state index is 0.0884. The number of carbonyl (C=O) groups excluding carboxylic acids is 1. The molecule has 3 aromatic rings. The van der Waals surface area contributed by atoms with Crippen molar-refractivity contribution in [3.8, 4) is 0 Å². The molecule has 3 aromatic carbocycles. The zero-order valence-electron chi connectivity index (χ0n) is 18.6. The highest BCUT2D eigenvalue weighted by Gasteiger charge is 2.27. The van der Waals surface area contributed by atoms with Gasteiger partial charge in [0.2, 0.25) is 5.91 Å². The van der Waals surface area contributed by atoms with E-state index in [4.69, 9.17) is 0 Å². The molecular weight excluding hydrogens is 427 g/mol. The molecule has 0 aliphatic carbocycles. The Kier molecular flexibility index (Phi) is 6.99. The van der Waals surface area contributed by atoms with Crippen LogP contribution in [0.4, 0.5) is 10.1 Å². The fraction of sp³-hybridized carbons (Fsp3) is 0.240. The summed E-state index contributed by atoms with van der Waals surface area (Å²) in [5, 5.41) is 2.88. The summed E-state index contributed by atoms with van der Waals surface area (Å²) in [6, 6.07) is 17.1. The molecule has 0 aliphatic heterocycles. The van der Waals surface area contributed by atoms with Crippen LogP contribution in [-0.2, 0) is 14.8 Å². The van der Waals surface area contributed by atoms with Gasteiger partial charge in [-0.05, 0) is 80.8 Å². The van der Waals surface area contributed by atoms with Gasteiger partial charge in [0.1, 0.15) is 12.4 Å². The van der Waals surface area contributed by atoms with Gasteiger partial charge in [-0.1, -0.05) is 35.9 Å². The Morgan fingerprint density at radius 2 is 1.56 bits per heavy atom. The SMILES string of the molecule is Cc1ccc(N(CC(=O)NC(C)c2ccc(C)c(C)c2)S(=O)(=O)c2ccc(F)cc2)cc1. The Bertz CT molecular complexity index is 1210. The van der Waals surface area contributed by atoms with Crippen molar-refractivity contribution in [2.24, 2.45) is 0 Å². The first-order valence-corrected chi connectivity index (χ1v) is 11.7. The molecule has 0 aromatic heterocycles. The van der Waals surface area contributed by atoms with Crippen LogP contribution in [0.15, 0.2) is 71.6 Å². The Morgan fingerprint density at radius 3 is 2.16 bits per heavy atom. The van der Waals surface area contributed by atoms with E-state index in [1.54, 1.807) is 24.3 Å². The first kappa shape index (κ1) is 23.5. The molecule has 0 bridgehead atoms. The molecule has 168 valence electrons. The third kappa shape index (κ3) is 5.34. The molecule has 0 spiro atoms. The van der Waals surface area contributed by atoms with Crippen LogP contribution < -0.4 is 9.62 Å². The second kappa shape index (κ2) is 9.53. The Morgan fingerprint density at radius 1 is 0.938 bits per heavy atom. The van der Waals surface area contributed by atoms with Crippen LogP contribution in [0.3, 0.4) is 0 Å². The summed E-state index contributed by atoms with van der Waals surface area (Å²) < 4.78 is 41.0. The zero-order chi connectivity index (χ0) is 23.5. The lowest BCUT2D eigenvalue weighted by atomic mass is 10.0. The second-order valence-corrected chi connectivity index (χ2v) is 9.80. The van der Waals surface area contributed by atoms with Gasteiger partial charge in [0.15, 0.2) is 0 Å². The quantitative estimate of drug-likeness (QED) is 0.556. The van der Waals surface area contributed by atoms with Gasteiger partial charge < -0.3 is 5.32 Å². The van der Waals surface area contributed by atoms with E-state index in [1.807, 2.05) is 45.9 Å². The van der Waals surface area contributed by atoms with Crippen LogP contribution >= 0.6 is 0 Å². The van der Waals surface area contributed by atoms with Crippen LogP contribution in [0.5, 0.6) is 0 Å². The molecule has 0 fully saturated rings. The van der Waals surface area contributed by atoms with Crippen molar-refractivity contribution >= 4 is 21.6 Å². The fourth-order valence-corrected chi connectivity index (χ4v) is 4.72. The summed E-state index contributed by atoms with van der Waals surface area (Å²) in [7, 11) is -4.09. The predicted octanol–water partition coefficient (Wildman–Crippen LogP) is 4.82. The number of nitrogens with one attached hydrogen (secondary N) is 1. The van der Waals surface area contributed by atoms with Gasteiger partial charge in [-0.25, -0.2) is 12.8 Å². The largest absolute Gasteiger partial charge is 0.348 e. The summed E-state index contributed by atoms with van der Waals surface area (Å²) in [5.41, 5.74) is 4.52. The molecule has 1 N–H and O–H groups in total. The van der Waals surface area contributed by atoms with E-state index in [0.29, 0.717) is 5.69 Å². The van der Waals surface area contributed by atoms with Crippen molar-refractivity contribution in [1.29, 1.82) is 0 Å². The summed E-state index contributed by atoms with van der Waals surface area (Å²) in [6.07, 6.45) is 0. The summed E-state index contributed by atoms with van der Waals surface area (Å²) >= 11 is 0. The van der Waals surface area contributed by atoms with Gasteiger partial charge >= 0.3 is 0 Å². The van der Waals surface area contributed by atoms with Crippen molar-refractivity contribution in [1.82, 2.24) is 5.32 Å². The Labute approximate surface area is 188 Å². The molecule has 32 heavy (non-hydrogen) atoms. The molecular formula is C25H27FN2O3S. The standard InChI is InChI=1S/C25H27FN2O3S/c1-17-5-11-23(12-6-17)28(32(30,31)24-13-9-22(26)10-14-24)16-25(29)27-20(4)21-8-7-18(2)19(3)15-21/h5-15,20H,16H2,1-4H3,(H,27,29). The summed E-state index contributed by atoms with van der Waals surface area (Å²) in [4.78, 5) is 12.8. The predicted molar refractivity (Wildman–Crippen MR) is 125 cm³/mol. The number of sulfonamides is 1. The number of carbonyl (C=O) groups is 1. The first-order valence-electron chi connectivity index (χ1n) is 10.3. The lowest BCUT2D eigenvalue weighted by molar-refractivity contribution is -0.120. The molecule has 5 nitrogen and oxygen atoms in total. The highest BCUT2D eigenvalue weighted by molar-refractivity contribution is 7.92. The molecule has 0 aliphatic rings. The molecule has 0 heterocycles. The second-order valence-electron chi connectivity index (χ2n) is 7.93. The van der Waals surface area contributed by atoms with E-state index < -0.39 is 28.3 Å². The first-order chi connectivity index (χ1) is 15.1. The number of nitrogens with zero attached hydrogens (tertiary/aromatic N) is 1. The maximum absolute atomic E-state index is 13.3. The van der Waals surface area contributed by atoms with Crippen LogP contribution in [-0.4, -0.2) is 20.9 Å². The maximum atomic E-state index is 13.3. The molecule has 3 rings (SSSR count). The Hall–Kier alpha value is -3.19. The molecule has 0 radical (unpaired) electrons. The van der Waals surface area contributed by atoms with E-state index in [1.165, 1.54) is 12.1 Å². The van der Waals surface area contributed by atoms with E-state index in [-0.39, 0.29) is 10.9 Å². The van der Waals surface area contributed by atoms with Gasteiger partial charge in [0.05, 0.1) is 16.6 Å². The lowest BCUT2D eigenvalue weighted by Gasteiger charge is -2.25. The molecule has 7 heteroatoms. The monoisotopic (exact) mass is 454 g/mol. The van der Waals surface area contributed by atoms with Crippen molar-refractivity contribution in [2.45, 2.75) is 38.6 Å². The number of amides is 1. The van der Waals surface area contributed by atoms with Crippen LogP contribution in [0.25, 0.3) is 0 Å². The molecule has 1 unspecified atom stereocenters. The Balaban J connectivity index is 1.88. The highest BCUT2D eigenvalue weighted by atomic mass is 32.2. The summed E-state index contributed by atoms with van der Waals surface area (Å²) in [5.74, 6) is -0.979. The minimum atomic E-state index is -4.09. The van der Waals surface area contributed by atoms with Gasteiger partial charge in [-0.2, -0.15) is 0 Å². The molecule has 1 atom stereocenters. The average molecular weight is 455 g/mol. The zero-order valence-corrected chi connectivity index (χ0v) is 19.4. The number of hydrogen-bond acceptors (Lipinski definition) is 3. The topological polar surface area (TPSA) is 66.5 Å². The number of aryl methyl sites for hydroxylation is 3. The molecule has 0 saturated heterocycles. The fourth-order valence-electron chi connectivity index (χ4n) is 3.29. The van der Waals surface area contributed by atoms with Crippen LogP contribution in [0.1, 0.15) is 35.2 Å². The highest BCUT2D eigenvalue weighted by Crippen LogP contribution is 2.25. The van der Waals surface area contributed by atoms with E-state index in [0.717, 1.165) is 38.7 Å². The smallest absolute Gasteiger partial charge is 0.264 e. The van der Waals surface area contributed by atoms with Crippen molar-refractivity contribution in [3.63, 3.8) is 0 Å². The van der Waals surface area contributed by atoms with Gasteiger partial charge in [0, 0.05) is 0 Å². The average Bonchev–Trinajstić information content (AvgIpc) is 2.75. The third-order valence-corrected chi connectivity index (χ3v) is 7.21. The van der Waals surface area contributed by atoms with Gasteiger partial charge in [0.25, 0.3) is 10.0 Å². The van der Waals surface area contributed by atoms with Crippen molar-refractivity contribution in [3.05, 3.63) is 94.8 Å². The molecule has 1 amide bonds. The van der Waals surface area contributed by atoms with Gasteiger partial charge in [-0.3, -0.25) is 9.10 Å². The van der Waals surface area contributed by atoms with E-state index in [9.17, 15) is 17.6 Å². The number of halogens is 1. The minimum Gasteiger partial charge on any atom is -0.348 e. The maximum Gasteiger partial charge on any atom is 0.264 e. The molecule has 0 saturated carbocycles. The van der Waals surface area contributed by atoms with Crippen LogP contribution in [0, 0.1) is 26.6 Å². The number of hydrogen-bond donors (Lipinski definition) is 1. The third-order valence-electron chi connectivity index (χ3n) is 5.42. The van der Waals surface area contributed by atoms with Crippen molar-refractivity contribution < 1.29 is 17.6 Å². The van der Waals surface area contributed by atoms with Gasteiger partial charge in [-0.15, -0.1) is 0 Å². The number of anilines is 1. The van der Waals surface area contributed by atoms with Crippen LogP contribution in [0.2, 0.25) is 0 Å². The van der Waals surface area contributed by atoms with Crippen molar-refractivity contribution in [2.75, 3.05) is 10.8 Å². The van der Waals surface area contributed by atoms with E-state index >= 15 is 0 Å². The normalized spacial score (nSPS) is 12.3. The van der Waals surface area contributed by atoms with E-state index in [2.05, 4.69) is 5.32 Å². The lowest BCUT2D eigenvalue weighted by Crippen LogP contribution is -2.41. The summed E-state index contributed by atoms with van der Waals surface area (Å²) in [6.45, 7) is 7.36.